The molecule has 1 aromatic rings. The Morgan fingerprint density at radius 3 is 2.33 bits per heavy atom. The highest BCUT2D eigenvalue weighted by molar-refractivity contribution is 7.91. The second-order valence-corrected chi connectivity index (χ2v) is 9.27. The molecule has 0 radical (unpaired) electrons. The molecule has 148 valence electrons. The number of aromatic nitrogens is 1. The zero-order valence-electron chi connectivity index (χ0n) is 15.8. The summed E-state index contributed by atoms with van der Waals surface area (Å²) in [6, 6.07) is 3.49. The van der Waals surface area contributed by atoms with E-state index in [1.54, 1.807) is 22.1 Å². The van der Waals surface area contributed by atoms with Crippen LogP contribution in [-0.2, 0) is 14.6 Å². The summed E-state index contributed by atoms with van der Waals surface area (Å²) in [4.78, 5) is 33.8. The van der Waals surface area contributed by atoms with Crippen molar-refractivity contribution in [2.75, 3.05) is 49.1 Å². The highest BCUT2D eigenvalue weighted by Gasteiger charge is 2.32. The summed E-state index contributed by atoms with van der Waals surface area (Å²) in [6.07, 6.45) is 2.27. The molecule has 1 atom stereocenters. The van der Waals surface area contributed by atoms with E-state index in [0.717, 1.165) is 5.69 Å². The summed E-state index contributed by atoms with van der Waals surface area (Å²) >= 11 is 0. The third-order valence-corrected chi connectivity index (χ3v) is 7.05. The van der Waals surface area contributed by atoms with Gasteiger partial charge < -0.3 is 14.7 Å². The molecule has 1 aromatic heterocycles. The summed E-state index contributed by atoms with van der Waals surface area (Å²) in [6.45, 7) is 6.29. The van der Waals surface area contributed by atoms with Crippen molar-refractivity contribution in [3.8, 4) is 0 Å². The fraction of sp³-hybridized carbons (Fsp3) is 0.611. The van der Waals surface area contributed by atoms with Crippen LogP contribution >= 0.6 is 0 Å². The molecule has 0 saturated carbocycles. The average molecular weight is 394 g/mol. The zero-order chi connectivity index (χ0) is 19.6. The number of piperazine rings is 1. The van der Waals surface area contributed by atoms with Gasteiger partial charge in [0, 0.05) is 45.7 Å². The van der Waals surface area contributed by atoms with Crippen LogP contribution in [0.2, 0.25) is 0 Å². The van der Waals surface area contributed by atoms with Gasteiger partial charge >= 0.3 is 0 Å². The van der Waals surface area contributed by atoms with Crippen LogP contribution in [0.3, 0.4) is 0 Å². The van der Waals surface area contributed by atoms with E-state index in [1.165, 1.54) is 6.92 Å². The minimum Gasteiger partial charge on any atom is -0.367 e. The fourth-order valence-electron chi connectivity index (χ4n) is 3.74. The molecule has 9 heteroatoms. The van der Waals surface area contributed by atoms with Gasteiger partial charge in [0.25, 0.3) is 5.91 Å². The molecule has 2 aliphatic heterocycles. The lowest BCUT2D eigenvalue weighted by Crippen LogP contribution is -2.50. The lowest BCUT2D eigenvalue weighted by molar-refractivity contribution is -0.130. The number of pyridine rings is 1. The summed E-state index contributed by atoms with van der Waals surface area (Å²) in [5.74, 6) is 0.279. The first kappa shape index (κ1) is 19.6. The van der Waals surface area contributed by atoms with E-state index in [4.69, 9.17) is 0 Å². The standard InChI is InChI=1S/C18H26N4O4S/c1-3-22(16-6-11-27(25,26)13-16)15-4-5-17(19-12-15)18(24)21-9-7-20(8-10-21)14(2)23/h4-5,12,16H,3,6-11,13H2,1-2H3. The van der Waals surface area contributed by atoms with Gasteiger partial charge in [0.05, 0.1) is 23.4 Å². The van der Waals surface area contributed by atoms with Gasteiger partial charge in [0.2, 0.25) is 5.91 Å². The summed E-state index contributed by atoms with van der Waals surface area (Å²) in [7, 11) is -2.96. The molecule has 0 spiro atoms. The smallest absolute Gasteiger partial charge is 0.272 e. The fourth-order valence-corrected chi connectivity index (χ4v) is 5.47. The quantitative estimate of drug-likeness (QED) is 0.734. The molecule has 2 fully saturated rings. The van der Waals surface area contributed by atoms with Crippen molar-refractivity contribution in [1.82, 2.24) is 14.8 Å². The largest absolute Gasteiger partial charge is 0.367 e. The van der Waals surface area contributed by atoms with Gasteiger partial charge in [-0.15, -0.1) is 0 Å². The molecule has 0 N–H and O–H groups in total. The van der Waals surface area contributed by atoms with E-state index in [1.807, 2.05) is 17.9 Å². The van der Waals surface area contributed by atoms with Crippen LogP contribution in [0, 0.1) is 0 Å². The number of rotatable bonds is 4. The van der Waals surface area contributed by atoms with Gasteiger partial charge in [0.1, 0.15) is 5.69 Å². The van der Waals surface area contributed by atoms with E-state index in [9.17, 15) is 18.0 Å². The number of carbonyl (C=O) groups excluding carboxylic acids is 2. The maximum atomic E-state index is 12.6. The average Bonchev–Trinajstić information content (AvgIpc) is 3.02. The topological polar surface area (TPSA) is 90.9 Å². The molecule has 0 aromatic carbocycles. The number of carbonyl (C=O) groups is 2. The van der Waals surface area contributed by atoms with Gasteiger partial charge in [0.15, 0.2) is 9.84 Å². The van der Waals surface area contributed by atoms with Crippen LogP contribution in [0.1, 0.15) is 30.8 Å². The van der Waals surface area contributed by atoms with E-state index in [-0.39, 0.29) is 29.4 Å². The van der Waals surface area contributed by atoms with Gasteiger partial charge in [-0.3, -0.25) is 9.59 Å². The van der Waals surface area contributed by atoms with Crippen LogP contribution in [0.15, 0.2) is 18.3 Å². The van der Waals surface area contributed by atoms with Crippen molar-refractivity contribution in [1.29, 1.82) is 0 Å². The predicted octanol–water partition coefficient (Wildman–Crippen LogP) is 0.399. The highest BCUT2D eigenvalue weighted by Crippen LogP contribution is 2.24. The molecular formula is C18H26N4O4S. The molecule has 2 saturated heterocycles. The van der Waals surface area contributed by atoms with Crippen molar-refractivity contribution in [2.45, 2.75) is 26.3 Å². The van der Waals surface area contributed by atoms with Crippen LogP contribution in [0.25, 0.3) is 0 Å². The van der Waals surface area contributed by atoms with E-state index in [0.29, 0.717) is 44.8 Å². The third-order valence-electron chi connectivity index (χ3n) is 5.30. The Bertz CT molecular complexity index is 801. The second kappa shape index (κ2) is 7.84. The number of anilines is 1. The molecule has 3 rings (SSSR count). The molecule has 3 heterocycles. The first-order chi connectivity index (χ1) is 12.8. The van der Waals surface area contributed by atoms with E-state index >= 15 is 0 Å². The number of sulfone groups is 1. The monoisotopic (exact) mass is 394 g/mol. The van der Waals surface area contributed by atoms with Gasteiger partial charge in [-0.25, -0.2) is 13.4 Å². The Balaban J connectivity index is 1.66. The van der Waals surface area contributed by atoms with E-state index in [2.05, 4.69) is 4.98 Å². The minimum absolute atomic E-state index is 0.0261. The zero-order valence-corrected chi connectivity index (χ0v) is 16.6. The van der Waals surface area contributed by atoms with Crippen LogP contribution in [-0.4, -0.2) is 85.3 Å². The Morgan fingerprint density at radius 1 is 1.19 bits per heavy atom. The second-order valence-electron chi connectivity index (χ2n) is 7.04. The van der Waals surface area contributed by atoms with Crippen molar-refractivity contribution in [3.63, 3.8) is 0 Å². The summed E-state index contributed by atoms with van der Waals surface area (Å²) in [5, 5.41) is 0. The summed E-state index contributed by atoms with van der Waals surface area (Å²) in [5.41, 5.74) is 1.20. The number of hydrogen-bond donors (Lipinski definition) is 0. The molecule has 2 aliphatic rings. The minimum atomic E-state index is -2.96. The van der Waals surface area contributed by atoms with Gasteiger partial charge in [-0.05, 0) is 25.5 Å². The van der Waals surface area contributed by atoms with Crippen molar-refractivity contribution in [3.05, 3.63) is 24.0 Å². The Labute approximate surface area is 160 Å². The maximum Gasteiger partial charge on any atom is 0.272 e. The Hall–Kier alpha value is -2.16. The predicted molar refractivity (Wildman–Crippen MR) is 102 cm³/mol. The number of amides is 2. The first-order valence-corrected chi connectivity index (χ1v) is 11.1. The normalized spacial score (nSPS) is 21.9. The highest BCUT2D eigenvalue weighted by atomic mass is 32.2. The molecule has 8 nitrogen and oxygen atoms in total. The number of nitrogens with zero attached hydrogens (tertiary/aromatic N) is 4. The maximum absolute atomic E-state index is 12.6. The van der Waals surface area contributed by atoms with Crippen LogP contribution in [0.4, 0.5) is 5.69 Å². The van der Waals surface area contributed by atoms with Crippen LogP contribution < -0.4 is 4.90 Å². The van der Waals surface area contributed by atoms with Crippen molar-refractivity contribution in [2.24, 2.45) is 0 Å². The van der Waals surface area contributed by atoms with E-state index < -0.39 is 9.84 Å². The van der Waals surface area contributed by atoms with Crippen LogP contribution in [0.5, 0.6) is 0 Å². The first-order valence-electron chi connectivity index (χ1n) is 9.28. The lowest BCUT2D eigenvalue weighted by atomic mass is 10.2. The summed E-state index contributed by atoms with van der Waals surface area (Å²) < 4.78 is 23.5. The van der Waals surface area contributed by atoms with Crippen molar-refractivity contribution < 1.29 is 18.0 Å². The van der Waals surface area contributed by atoms with Crippen molar-refractivity contribution >= 4 is 27.3 Å². The molecular weight excluding hydrogens is 368 g/mol. The number of hydrogen-bond acceptors (Lipinski definition) is 6. The lowest BCUT2D eigenvalue weighted by Gasteiger charge is -2.34. The van der Waals surface area contributed by atoms with Gasteiger partial charge in [-0.2, -0.15) is 0 Å². The van der Waals surface area contributed by atoms with Gasteiger partial charge in [-0.1, -0.05) is 0 Å². The molecule has 0 bridgehead atoms. The third kappa shape index (κ3) is 4.40. The molecule has 0 aliphatic carbocycles. The molecule has 27 heavy (non-hydrogen) atoms. The molecule has 1 unspecified atom stereocenters. The Morgan fingerprint density at radius 2 is 1.85 bits per heavy atom. The SMILES string of the molecule is CCN(c1ccc(C(=O)N2CCN(C(C)=O)CC2)nc1)C1CCS(=O)(=O)C1. The molecule has 2 amide bonds. The Kier molecular flexibility index (Phi) is 5.69.